The molecule has 0 aliphatic heterocycles. The molecule has 172 valence electrons. The van der Waals surface area contributed by atoms with Gasteiger partial charge in [0.2, 0.25) is 0 Å². The lowest BCUT2D eigenvalue weighted by molar-refractivity contribution is -0.137. The number of alkyl halides is 3. The maximum Gasteiger partial charge on any atom is 0.419 e. The molecular formula is C23H16BrClF3NO4. The van der Waals surface area contributed by atoms with Crippen LogP contribution in [0.3, 0.4) is 0 Å². The third-order valence-corrected chi connectivity index (χ3v) is 5.41. The fraction of sp³-hybridized carbons (Fsp3) is 0.130. The largest absolute Gasteiger partial charge is 0.456 e. The predicted molar refractivity (Wildman–Crippen MR) is 120 cm³/mol. The van der Waals surface area contributed by atoms with Gasteiger partial charge in [-0.3, -0.25) is 10.1 Å². The molecule has 0 saturated carbocycles. The molecule has 0 bridgehead atoms. The van der Waals surface area contributed by atoms with Crippen molar-refractivity contribution in [1.29, 1.82) is 0 Å². The molecule has 0 aliphatic rings. The molecule has 10 heteroatoms. The number of ether oxygens (including phenoxy) is 2. The first-order valence-corrected chi connectivity index (χ1v) is 10.7. The van der Waals surface area contributed by atoms with E-state index in [4.69, 9.17) is 21.1 Å². The molecule has 0 atom stereocenters. The Kier molecular flexibility index (Phi) is 7.65. The topological polar surface area (TPSA) is 64.6 Å². The molecule has 2 amide bonds. The van der Waals surface area contributed by atoms with E-state index >= 15 is 0 Å². The first-order valence-electron chi connectivity index (χ1n) is 9.53. The van der Waals surface area contributed by atoms with Gasteiger partial charge in [-0.2, -0.15) is 13.2 Å². The minimum Gasteiger partial charge on any atom is -0.456 e. The second kappa shape index (κ2) is 10.3. The normalized spacial score (nSPS) is 11.1. The molecule has 5 nitrogen and oxygen atoms in total. The Hall–Kier alpha value is -3.04. The quantitative estimate of drug-likeness (QED) is 0.365. The summed E-state index contributed by atoms with van der Waals surface area (Å²) in [6, 6.07) is 13.7. The van der Waals surface area contributed by atoms with E-state index in [1.54, 1.807) is 24.3 Å². The van der Waals surface area contributed by atoms with Crippen molar-refractivity contribution < 1.29 is 32.2 Å². The maximum atomic E-state index is 12.8. The van der Waals surface area contributed by atoms with Crippen molar-refractivity contribution in [3.8, 4) is 17.2 Å². The third kappa shape index (κ3) is 6.49. The van der Waals surface area contributed by atoms with Crippen molar-refractivity contribution in [2.45, 2.75) is 19.5 Å². The van der Waals surface area contributed by atoms with Gasteiger partial charge >= 0.3 is 12.3 Å². The lowest BCUT2D eigenvalue weighted by atomic mass is 10.2. The standard InChI is InChI=1S/C23H16BrClF3NO4/c1-2-13-3-6-15(7-4-13)33-22(31)29-21(30)17-12-16(8-9-18(17)24)32-20-10-5-14(11-19(20)25)23(26,27)28/h3-12H,2H2,1H3,(H,29,30,31). The summed E-state index contributed by atoms with van der Waals surface area (Å²) >= 11 is 9.12. The van der Waals surface area contributed by atoms with Gasteiger partial charge in [0.25, 0.3) is 5.91 Å². The Morgan fingerprint density at radius 3 is 2.27 bits per heavy atom. The highest BCUT2D eigenvalue weighted by Gasteiger charge is 2.31. The molecule has 0 fully saturated rings. The fourth-order valence-corrected chi connectivity index (χ4v) is 3.36. The first-order chi connectivity index (χ1) is 15.6. The number of rotatable bonds is 5. The van der Waals surface area contributed by atoms with Gasteiger partial charge in [0.1, 0.15) is 17.2 Å². The number of halogens is 5. The van der Waals surface area contributed by atoms with Crippen LogP contribution in [-0.2, 0) is 12.6 Å². The van der Waals surface area contributed by atoms with Gasteiger partial charge in [0.05, 0.1) is 16.1 Å². The molecule has 0 aliphatic carbocycles. The molecule has 3 aromatic rings. The smallest absolute Gasteiger partial charge is 0.419 e. The Bertz CT molecular complexity index is 1180. The number of benzene rings is 3. The average molecular weight is 543 g/mol. The maximum absolute atomic E-state index is 12.8. The zero-order valence-electron chi connectivity index (χ0n) is 17.0. The summed E-state index contributed by atoms with van der Waals surface area (Å²) in [5.41, 5.74) is 0.181. The lowest BCUT2D eigenvalue weighted by Gasteiger charge is -2.12. The molecule has 1 N–H and O–H groups in total. The van der Waals surface area contributed by atoms with Crippen molar-refractivity contribution in [3.63, 3.8) is 0 Å². The predicted octanol–water partition coefficient (Wildman–Crippen LogP) is 7.40. The van der Waals surface area contributed by atoms with E-state index in [1.165, 1.54) is 18.2 Å². The second-order valence-corrected chi connectivity index (χ2v) is 7.99. The molecule has 3 rings (SSSR count). The Balaban J connectivity index is 1.71. The Labute approximate surface area is 200 Å². The number of hydrogen-bond acceptors (Lipinski definition) is 4. The Morgan fingerprint density at radius 1 is 1.00 bits per heavy atom. The zero-order valence-corrected chi connectivity index (χ0v) is 19.3. The number of aryl methyl sites for hydroxylation is 1. The first kappa shape index (κ1) is 24.6. The minimum atomic E-state index is -4.54. The zero-order chi connectivity index (χ0) is 24.2. The summed E-state index contributed by atoms with van der Waals surface area (Å²) in [4.78, 5) is 24.6. The van der Waals surface area contributed by atoms with Gasteiger partial charge in [-0.05, 0) is 76.4 Å². The van der Waals surface area contributed by atoms with Crippen LogP contribution in [-0.4, -0.2) is 12.0 Å². The van der Waals surface area contributed by atoms with Crippen LogP contribution in [0.1, 0.15) is 28.4 Å². The van der Waals surface area contributed by atoms with E-state index in [9.17, 15) is 22.8 Å². The van der Waals surface area contributed by atoms with Gasteiger partial charge in [0, 0.05) is 4.47 Å². The van der Waals surface area contributed by atoms with Crippen molar-refractivity contribution in [2.24, 2.45) is 0 Å². The van der Waals surface area contributed by atoms with Crippen LogP contribution >= 0.6 is 27.5 Å². The molecule has 0 saturated heterocycles. The molecule has 0 spiro atoms. The number of hydrogen-bond donors (Lipinski definition) is 1. The van der Waals surface area contributed by atoms with Crippen molar-refractivity contribution in [1.82, 2.24) is 5.32 Å². The minimum absolute atomic E-state index is 0.0340. The van der Waals surface area contributed by atoms with Crippen LogP contribution in [0.4, 0.5) is 18.0 Å². The van der Waals surface area contributed by atoms with E-state index < -0.39 is 23.7 Å². The van der Waals surface area contributed by atoms with Crippen LogP contribution in [0.5, 0.6) is 17.2 Å². The highest BCUT2D eigenvalue weighted by molar-refractivity contribution is 9.10. The van der Waals surface area contributed by atoms with Crippen LogP contribution in [0, 0.1) is 0 Å². The molecular weight excluding hydrogens is 527 g/mol. The van der Waals surface area contributed by atoms with Crippen molar-refractivity contribution in [2.75, 3.05) is 0 Å². The van der Waals surface area contributed by atoms with Gasteiger partial charge in [-0.1, -0.05) is 30.7 Å². The summed E-state index contributed by atoms with van der Waals surface area (Å²) in [5, 5.41) is 1.85. The molecule has 33 heavy (non-hydrogen) atoms. The number of carbonyl (C=O) groups is 2. The number of carbonyl (C=O) groups excluding carboxylic acids is 2. The monoisotopic (exact) mass is 541 g/mol. The van der Waals surface area contributed by atoms with Crippen LogP contribution < -0.4 is 14.8 Å². The Morgan fingerprint density at radius 2 is 1.67 bits per heavy atom. The fourth-order valence-electron chi connectivity index (χ4n) is 2.71. The van der Waals surface area contributed by atoms with Crippen LogP contribution in [0.25, 0.3) is 0 Å². The van der Waals surface area contributed by atoms with Gasteiger partial charge in [0.15, 0.2) is 0 Å². The van der Waals surface area contributed by atoms with E-state index in [1.807, 2.05) is 6.92 Å². The molecule has 0 heterocycles. The third-order valence-electron chi connectivity index (χ3n) is 4.43. The second-order valence-electron chi connectivity index (χ2n) is 6.73. The van der Waals surface area contributed by atoms with Gasteiger partial charge in [-0.25, -0.2) is 4.79 Å². The molecule has 0 unspecified atom stereocenters. The average Bonchev–Trinajstić information content (AvgIpc) is 2.76. The number of amides is 2. The van der Waals surface area contributed by atoms with E-state index in [2.05, 4.69) is 21.2 Å². The number of nitrogens with one attached hydrogen (secondary N) is 1. The van der Waals surface area contributed by atoms with Crippen molar-refractivity contribution in [3.05, 3.63) is 86.8 Å². The van der Waals surface area contributed by atoms with Gasteiger partial charge < -0.3 is 9.47 Å². The summed E-state index contributed by atoms with van der Waals surface area (Å²) in [6.07, 6.45) is -4.69. The van der Waals surface area contributed by atoms with E-state index in [0.29, 0.717) is 4.47 Å². The van der Waals surface area contributed by atoms with E-state index in [0.717, 1.165) is 30.2 Å². The summed E-state index contributed by atoms with van der Waals surface area (Å²) in [7, 11) is 0. The SMILES string of the molecule is CCc1ccc(OC(=O)NC(=O)c2cc(Oc3ccc(C(F)(F)F)cc3Cl)ccc2Br)cc1. The summed E-state index contributed by atoms with van der Waals surface area (Å²) < 4.78 is 49.4. The highest BCUT2D eigenvalue weighted by Crippen LogP contribution is 2.37. The van der Waals surface area contributed by atoms with Gasteiger partial charge in [-0.15, -0.1) is 0 Å². The van der Waals surface area contributed by atoms with Crippen LogP contribution in [0.15, 0.2) is 65.1 Å². The molecule has 0 aromatic heterocycles. The molecule has 0 radical (unpaired) electrons. The summed E-state index contributed by atoms with van der Waals surface area (Å²) in [6.45, 7) is 1.99. The van der Waals surface area contributed by atoms with Crippen LogP contribution in [0.2, 0.25) is 5.02 Å². The lowest BCUT2D eigenvalue weighted by Crippen LogP contribution is -2.33. The number of imide groups is 1. The highest BCUT2D eigenvalue weighted by atomic mass is 79.9. The molecule has 3 aromatic carbocycles. The van der Waals surface area contributed by atoms with E-state index in [-0.39, 0.29) is 27.8 Å². The summed E-state index contributed by atoms with van der Waals surface area (Å²) in [5.74, 6) is -0.423. The van der Waals surface area contributed by atoms with Crippen molar-refractivity contribution >= 4 is 39.5 Å².